The molecular weight excluding hydrogens is 417 g/mol. The lowest BCUT2D eigenvalue weighted by atomic mass is 9.52. The van der Waals surface area contributed by atoms with Gasteiger partial charge in [0.05, 0.1) is 15.6 Å². The van der Waals surface area contributed by atoms with E-state index in [0.29, 0.717) is 38.6 Å². The standard InChI is InChI=1S/C20H21Cl2N3O2S/c21-14-2-1-13(5-15(14)22)23-19-24-16(9-28-19)18(26)25-17-11-3-10-4-12(17)8-20(27,6-10)7-11/h1-2,5,9-12,17,27H,3-4,6-8H2,(H,23,24)(H,25,26). The average Bonchev–Trinajstić information content (AvgIpc) is 3.08. The van der Waals surface area contributed by atoms with Crippen LogP contribution in [0.2, 0.25) is 10.0 Å². The predicted octanol–water partition coefficient (Wildman–Crippen LogP) is 4.86. The summed E-state index contributed by atoms with van der Waals surface area (Å²) in [5.74, 6) is 1.25. The van der Waals surface area contributed by atoms with Crippen LogP contribution in [0, 0.1) is 17.8 Å². The number of carbonyl (C=O) groups is 1. The SMILES string of the molecule is O=C(NC1C2CC3CC1CC(O)(C3)C2)c1csc(Nc2ccc(Cl)c(Cl)c2)n1. The number of nitrogens with one attached hydrogen (secondary N) is 2. The van der Waals surface area contributed by atoms with Crippen LogP contribution in [0.25, 0.3) is 0 Å². The number of amides is 1. The van der Waals surface area contributed by atoms with Crippen LogP contribution in [-0.2, 0) is 0 Å². The molecule has 4 saturated carbocycles. The summed E-state index contributed by atoms with van der Waals surface area (Å²) < 4.78 is 0. The Balaban J connectivity index is 1.26. The minimum Gasteiger partial charge on any atom is -0.390 e. The second kappa shape index (κ2) is 6.87. The number of rotatable bonds is 4. The van der Waals surface area contributed by atoms with Gasteiger partial charge in [-0.3, -0.25) is 4.79 Å². The molecule has 1 aromatic carbocycles. The van der Waals surface area contributed by atoms with Crippen molar-refractivity contribution >= 4 is 51.3 Å². The second-order valence-corrected chi connectivity index (χ2v) is 10.2. The largest absolute Gasteiger partial charge is 0.390 e. The third kappa shape index (κ3) is 3.41. The van der Waals surface area contributed by atoms with Gasteiger partial charge in [0.1, 0.15) is 5.69 Å². The van der Waals surface area contributed by atoms with Crippen molar-refractivity contribution in [1.29, 1.82) is 0 Å². The van der Waals surface area contributed by atoms with E-state index in [1.54, 1.807) is 17.5 Å². The zero-order valence-electron chi connectivity index (χ0n) is 15.1. The number of aliphatic hydroxyl groups is 1. The Kier molecular flexibility index (Phi) is 4.58. The zero-order valence-corrected chi connectivity index (χ0v) is 17.4. The molecule has 0 saturated heterocycles. The summed E-state index contributed by atoms with van der Waals surface area (Å²) in [7, 11) is 0. The molecule has 4 aliphatic carbocycles. The first-order chi connectivity index (χ1) is 13.4. The van der Waals surface area contributed by atoms with Gasteiger partial charge in [0, 0.05) is 17.1 Å². The molecule has 2 unspecified atom stereocenters. The molecular formula is C20H21Cl2N3O2S. The quantitative estimate of drug-likeness (QED) is 0.637. The Labute approximate surface area is 177 Å². The molecule has 28 heavy (non-hydrogen) atoms. The summed E-state index contributed by atoms with van der Waals surface area (Å²) in [5.41, 5.74) is 0.694. The van der Waals surface area contributed by atoms with Crippen LogP contribution in [-0.4, -0.2) is 27.6 Å². The van der Waals surface area contributed by atoms with Crippen molar-refractivity contribution in [2.24, 2.45) is 17.8 Å². The molecule has 2 aromatic rings. The molecule has 1 amide bonds. The summed E-state index contributed by atoms with van der Waals surface area (Å²) in [6, 6.07) is 5.41. The minimum atomic E-state index is -0.491. The fourth-order valence-electron chi connectivity index (χ4n) is 5.58. The number of nitrogens with zero attached hydrogens (tertiary/aromatic N) is 1. The highest BCUT2D eigenvalue weighted by Gasteiger charge is 2.55. The highest BCUT2D eigenvalue weighted by atomic mass is 35.5. The maximum absolute atomic E-state index is 12.8. The molecule has 0 radical (unpaired) electrons. The molecule has 1 aromatic heterocycles. The van der Waals surface area contributed by atoms with E-state index in [0.717, 1.165) is 37.8 Å². The number of thiazole rings is 1. The van der Waals surface area contributed by atoms with Crippen LogP contribution in [0.15, 0.2) is 23.6 Å². The second-order valence-electron chi connectivity index (χ2n) is 8.49. The van der Waals surface area contributed by atoms with Crippen LogP contribution < -0.4 is 10.6 Å². The Morgan fingerprint density at radius 3 is 2.61 bits per heavy atom. The van der Waals surface area contributed by atoms with Crippen LogP contribution in [0.1, 0.15) is 42.6 Å². The number of halogens is 2. The number of aromatic nitrogens is 1. The minimum absolute atomic E-state index is 0.136. The fraction of sp³-hybridized carbons (Fsp3) is 0.500. The van der Waals surface area contributed by atoms with Gasteiger partial charge in [-0.25, -0.2) is 4.98 Å². The molecule has 4 fully saturated rings. The van der Waals surface area contributed by atoms with E-state index < -0.39 is 5.60 Å². The molecule has 1 heterocycles. The molecule has 2 atom stereocenters. The summed E-state index contributed by atoms with van der Waals surface area (Å²) in [5, 5.41) is 20.4. The summed E-state index contributed by atoms with van der Waals surface area (Å²) >= 11 is 13.4. The van der Waals surface area contributed by atoms with Crippen LogP contribution >= 0.6 is 34.5 Å². The molecule has 3 N–H and O–H groups in total. The van der Waals surface area contributed by atoms with E-state index in [4.69, 9.17) is 23.2 Å². The van der Waals surface area contributed by atoms with E-state index in [1.807, 2.05) is 6.07 Å². The van der Waals surface area contributed by atoms with E-state index >= 15 is 0 Å². The molecule has 0 aliphatic heterocycles. The Morgan fingerprint density at radius 1 is 1.18 bits per heavy atom. The van der Waals surface area contributed by atoms with Crippen molar-refractivity contribution in [2.45, 2.75) is 43.7 Å². The average molecular weight is 438 g/mol. The van der Waals surface area contributed by atoms with Crippen molar-refractivity contribution in [2.75, 3.05) is 5.32 Å². The maximum Gasteiger partial charge on any atom is 0.271 e. The summed E-state index contributed by atoms with van der Waals surface area (Å²) in [4.78, 5) is 17.2. The number of benzene rings is 1. The number of carbonyl (C=O) groups excluding carboxylic acids is 1. The molecule has 5 nitrogen and oxygen atoms in total. The first-order valence-corrected chi connectivity index (χ1v) is 11.2. The monoisotopic (exact) mass is 437 g/mol. The lowest BCUT2D eigenvalue weighted by Gasteiger charge is -2.58. The van der Waals surface area contributed by atoms with Crippen LogP contribution in [0.4, 0.5) is 10.8 Å². The molecule has 8 heteroatoms. The van der Waals surface area contributed by atoms with E-state index in [9.17, 15) is 9.90 Å². The smallest absolute Gasteiger partial charge is 0.271 e. The van der Waals surface area contributed by atoms with Crippen LogP contribution in [0.5, 0.6) is 0 Å². The van der Waals surface area contributed by atoms with Crippen molar-refractivity contribution in [3.63, 3.8) is 0 Å². The van der Waals surface area contributed by atoms with Crippen molar-refractivity contribution < 1.29 is 9.90 Å². The van der Waals surface area contributed by atoms with Gasteiger partial charge in [-0.1, -0.05) is 23.2 Å². The highest BCUT2D eigenvalue weighted by Crippen LogP contribution is 2.55. The third-order valence-electron chi connectivity index (χ3n) is 6.45. The Morgan fingerprint density at radius 2 is 1.93 bits per heavy atom. The maximum atomic E-state index is 12.8. The van der Waals surface area contributed by atoms with Crippen molar-refractivity contribution in [1.82, 2.24) is 10.3 Å². The van der Waals surface area contributed by atoms with Gasteiger partial charge >= 0.3 is 0 Å². The lowest BCUT2D eigenvalue weighted by Crippen LogP contribution is -2.61. The van der Waals surface area contributed by atoms with E-state index in [-0.39, 0.29) is 11.9 Å². The van der Waals surface area contributed by atoms with Gasteiger partial charge in [-0.15, -0.1) is 11.3 Å². The molecule has 6 rings (SSSR count). The third-order valence-corrected chi connectivity index (χ3v) is 7.94. The summed E-state index contributed by atoms with van der Waals surface area (Å²) in [6.07, 6.45) is 4.80. The van der Waals surface area contributed by atoms with Gasteiger partial charge in [0.2, 0.25) is 0 Å². The van der Waals surface area contributed by atoms with Gasteiger partial charge in [0.15, 0.2) is 5.13 Å². The number of hydrogen-bond donors (Lipinski definition) is 3. The normalized spacial score (nSPS) is 33.1. The van der Waals surface area contributed by atoms with Crippen molar-refractivity contribution in [3.05, 3.63) is 39.3 Å². The molecule has 4 bridgehead atoms. The molecule has 0 spiro atoms. The first kappa shape index (κ1) is 18.7. The molecule has 148 valence electrons. The van der Waals surface area contributed by atoms with Gasteiger partial charge in [0.25, 0.3) is 5.91 Å². The van der Waals surface area contributed by atoms with Gasteiger partial charge in [-0.2, -0.15) is 0 Å². The van der Waals surface area contributed by atoms with Gasteiger partial charge < -0.3 is 15.7 Å². The summed E-state index contributed by atoms with van der Waals surface area (Å²) in [6.45, 7) is 0. The van der Waals surface area contributed by atoms with E-state index in [2.05, 4.69) is 15.6 Å². The number of hydrogen-bond acceptors (Lipinski definition) is 5. The first-order valence-electron chi connectivity index (χ1n) is 9.59. The van der Waals surface area contributed by atoms with Crippen molar-refractivity contribution in [3.8, 4) is 0 Å². The predicted molar refractivity (Wildman–Crippen MR) is 112 cm³/mol. The topological polar surface area (TPSA) is 74.2 Å². The fourth-order valence-corrected chi connectivity index (χ4v) is 6.58. The lowest BCUT2D eigenvalue weighted by molar-refractivity contribution is -0.136. The van der Waals surface area contributed by atoms with Gasteiger partial charge in [-0.05, 0) is 68.1 Å². The van der Waals surface area contributed by atoms with E-state index in [1.165, 1.54) is 11.3 Å². The Hall–Kier alpha value is -1.34. The Bertz CT molecular complexity index is 918. The zero-order chi connectivity index (χ0) is 19.5. The van der Waals surface area contributed by atoms with Crippen LogP contribution in [0.3, 0.4) is 0 Å². The highest BCUT2D eigenvalue weighted by molar-refractivity contribution is 7.14. The molecule has 4 aliphatic rings. The number of anilines is 2.